The molecule has 2 spiro atoms. The fourth-order valence-corrected chi connectivity index (χ4v) is 14.1. The van der Waals surface area contributed by atoms with Crippen molar-refractivity contribution in [1.82, 2.24) is 4.90 Å². The molecular formula is C39H65NO9. The zero-order valence-electron chi connectivity index (χ0n) is 31.3. The van der Waals surface area contributed by atoms with Gasteiger partial charge in [-0.15, -0.1) is 0 Å². The number of carbonyl (C=O) groups excluding carboxylic acids is 1. The van der Waals surface area contributed by atoms with Gasteiger partial charge in [-0.05, 0) is 111 Å². The number of hydrogen-bond acceptors (Lipinski definition) is 10. The van der Waals surface area contributed by atoms with Crippen LogP contribution in [0.15, 0.2) is 0 Å². The molecule has 2 aliphatic heterocycles. The maximum absolute atomic E-state index is 12.6. The lowest BCUT2D eigenvalue weighted by atomic mass is 9.41. The van der Waals surface area contributed by atoms with E-state index in [-0.39, 0.29) is 76.7 Å². The lowest BCUT2D eigenvalue weighted by Gasteiger charge is -2.64. The van der Waals surface area contributed by atoms with Crippen LogP contribution in [0.5, 0.6) is 0 Å². The lowest BCUT2D eigenvalue weighted by Crippen LogP contribution is -2.60. The maximum Gasteiger partial charge on any atom is 0.303 e. The molecule has 7 rings (SSSR count). The van der Waals surface area contributed by atoms with Crippen molar-refractivity contribution in [1.29, 1.82) is 0 Å². The molecule has 0 aromatic carbocycles. The second-order valence-corrected chi connectivity index (χ2v) is 19.2. The third kappa shape index (κ3) is 5.11. The van der Waals surface area contributed by atoms with Crippen LogP contribution in [-0.2, 0) is 23.7 Å². The maximum atomic E-state index is 12.6. The number of carbonyl (C=O) groups is 1. The molecule has 5 saturated carbocycles. The van der Waals surface area contributed by atoms with Gasteiger partial charge in [0.2, 0.25) is 0 Å². The van der Waals surface area contributed by atoms with Gasteiger partial charge in [-0.3, -0.25) is 9.69 Å². The minimum absolute atomic E-state index is 0.0384. The van der Waals surface area contributed by atoms with Crippen LogP contribution in [0.1, 0.15) is 107 Å². The smallest absolute Gasteiger partial charge is 0.303 e. The van der Waals surface area contributed by atoms with Gasteiger partial charge < -0.3 is 39.4 Å². The van der Waals surface area contributed by atoms with Crippen molar-refractivity contribution in [2.24, 2.45) is 50.7 Å². The Kier molecular flexibility index (Phi) is 9.00. The summed E-state index contributed by atoms with van der Waals surface area (Å²) in [5, 5.41) is 43.1. The minimum Gasteiger partial charge on any atom is -0.457 e. The van der Waals surface area contributed by atoms with E-state index in [9.17, 15) is 25.2 Å². The van der Waals surface area contributed by atoms with Gasteiger partial charge in [-0.2, -0.15) is 0 Å². The summed E-state index contributed by atoms with van der Waals surface area (Å²) in [4.78, 5) is 14.2. The Labute approximate surface area is 293 Å². The molecule has 6 unspecified atom stereocenters. The molecule has 4 N–H and O–H groups in total. The molecule has 14 atom stereocenters. The molecule has 280 valence electrons. The Morgan fingerprint density at radius 3 is 2.35 bits per heavy atom. The van der Waals surface area contributed by atoms with Crippen molar-refractivity contribution >= 4 is 5.97 Å². The molecule has 10 nitrogen and oxygen atoms in total. The highest BCUT2D eigenvalue weighted by atomic mass is 16.7. The topological polar surface area (TPSA) is 138 Å². The lowest BCUT2D eigenvalue weighted by molar-refractivity contribution is -0.252. The summed E-state index contributed by atoms with van der Waals surface area (Å²) in [6.07, 6.45) is 5.93. The van der Waals surface area contributed by atoms with Gasteiger partial charge in [0, 0.05) is 18.9 Å². The van der Waals surface area contributed by atoms with Crippen molar-refractivity contribution in [3.63, 3.8) is 0 Å². The van der Waals surface area contributed by atoms with E-state index in [2.05, 4.69) is 39.5 Å². The van der Waals surface area contributed by atoms with E-state index in [1.807, 2.05) is 0 Å². The number of aliphatic hydroxyl groups excluding tert-OH is 3. The Morgan fingerprint density at radius 1 is 1.02 bits per heavy atom. The van der Waals surface area contributed by atoms with Gasteiger partial charge in [0.05, 0.1) is 62.4 Å². The number of fused-ring (bicyclic) bond motifs is 4. The molecule has 0 aromatic heterocycles. The molecule has 7 fully saturated rings. The van der Waals surface area contributed by atoms with E-state index in [0.717, 1.165) is 32.1 Å². The average molecular weight is 692 g/mol. The highest BCUT2D eigenvalue weighted by Crippen LogP contribution is 2.89. The molecular weight excluding hydrogens is 626 g/mol. The molecule has 0 amide bonds. The van der Waals surface area contributed by atoms with Gasteiger partial charge in [0.25, 0.3) is 0 Å². The summed E-state index contributed by atoms with van der Waals surface area (Å²) in [6.45, 7) is 18.2. The van der Waals surface area contributed by atoms with Gasteiger partial charge >= 0.3 is 5.97 Å². The van der Waals surface area contributed by atoms with Gasteiger partial charge in [-0.1, -0.05) is 34.6 Å². The Hall–Kier alpha value is -0.850. The van der Waals surface area contributed by atoms with Gasteiger partial charge in [0.15, 0.2) is 12.4 Å². The van der Waals surface area contributed by atoms with Crippen LogP contribution in [-0.4, -0.2) is 113 Å². The second kappa shape index (κ2) is 12.1. The van der Waals surface area contributed by atoms with Crippen LogP contribution in [0.2, 0.25) is 0 Å². The van der Waals surface area contributed by atoms with Crippen molar-refractivity contribution in [3.05, 3.63) is 0 Å². The van der Waals surface area contributed by atoms with Gasteiger partial charge in [-0.25, -0.2) is 0 Å². The zero-order valence-corrected chi connectivity index (χ0v) is 31.3. The van der Waals surface area contributed by atoms with Crippen LogP contribution in [0.4, 0.5) is 0 Å². The fourth-order valence-electron chi connectivity index (χ4n) is 14.1. The third-order valence-electron chi connectivity index (χ3n) is 16.4. The predicted molar refractivity (Wildman–Crippen MR) is 182 cm³/mol. The molecule has 2 heterocycles. The van der Waals surface area contributed by atoms with Crippen LogP contribution in [0, 0.1) is 50.7 Å². The van der Waals surface area contributed by atoms with E-state index < -0.39 is 29.9 Å². The highest BCUT2D eigenvalue weighted by molar-refractivity contribution is 5.66. The number of esters is 1. The minimum atomic E-state index is -1.27. The van der Waals surface area contributed by atoms with Gasteiger partial charge in [0.1, 0.15) is 0 Å². The predicted octanol–water partition coefficient (Wildman–Crippen LogP) is 3.90. The normalized spacial score (nSPS) is 49.6. The number of hydrogen-bond donors (Lipinski definition) is 4. The summed E-state index contributed by atoms with van der Waals surface area (Å²) in [5.74, 6) is 0.942. The summed E-state index contributed by atoms with van der Waals surface area (Å²) >= 11 is 0. The van der Waals surface area contributed by atoms with E-state index in [4.69, 9.17) is 18.9 Å². The average Bonchev–Trinajstić information content (AvgIpc) is 3.66. The number of rotatable bonds is 8. The van der Waals surface area contributed by atoms with Crippen LogP contribution in [0.3, 0.4) is 0 Å². The Bertz CT molecular complexity index is 1270. The van der Waals surface area contributed by atoms with Crippen LogP contribution >= 0.6 is 0 Å². The Balaban J connectivity index is 1.11. The number of ether oxygens (including phenoxy) is 4. The molecule has 49 heavy (non-hydrogen) atoms. The second-order valence-electron chi connectivity index (χ2n) is 19.2. The number of morpholine rings is 1. The van der Waals surface area contributed by atoms with E-state index in [0.29, 0.717) is 38.0 Å². The van der Waals surface area contributed by atoms with Crippen molar-refractivity contribution in [2.75, 3.05) is 32.9 Å². The number of nitrogens with zero attached hydrogens (tertiary/aromatic N) is 1. The van der Waals surface area contributed by atoms with Crippen molar-refractivity contribution < 1.29 is 44.2 Å². The molecule has 2 saturated heterocycles. The first kappa shape index (κ1) is 36.5. The standard InChI is InChI=1S/C39H65NO9/c1-22-17-25(33(35(5,6)45)47-23(2)43)48-31-30(22)36(7)13-14-39-21-38(39)12-11-28(49-29-18-40(15-16-46-29)24(19-41)20-42)34(3,4)26(38)9-10-27(39)37(36,8)32(31)44/h22,24-33,41-42,44-45H,9-21H2,1-8H3/t22-,25?,26+,27?,28+,29?,30+,31?,32+,33+,36-,37-,38?,39?/m1/s1. The van der Waals surface area contributed by atoms with E-state index in [1.54, 1.807) is 13.8 Å². The molecule has 7 aliphatic rings. The largest absolute Gasteiger partial charge is 0.457 e. The molecule has 0 radical (unpaired) electrons. The van der Waals surface area contributed by atoms with E-state index in [1.165, 1.54) is 19.8 Å². The van der Waals surface area contributed by atoms with Crippen LogP contribution < -0.4 is 0 Å². The first-order valence-electron chi connectivity index (χ1n) is 19.4. The summed E-state index contributed by atoms with van der Waals surface area (Å²) < 4.78 is 25.4. The monoisotopic (exact) mass is 691 g/mol. The quantitative estimate of drug-likeness (QED) is 0.278. The van der Waals surface area contributed by atoms with E-state index >= 15 is 0 Å². The highest BCUT2D eigenvalue weighted by Gasteiger charge is 2.84. The summed E-state index contributed by atoms with van der Waals surface area (Å²) in [5.41, 5.74) is -1.23. The molecule has 10 heteroatoms. The first-order valence-corrected chi connectivity index (χ1v) is 19.4. The summed E-state index contributed by atoms with van der Waals surface area (Å²) in [7, 11) is 0. The Morgan fingerprint density at radius 2 is 1.69 bits per heavy atom. The summed E-state index contributed by atoms with van der Waals surface area (Å²) in [6, 6.07) is -0.288. The third-order valence-corrected chi connectivity index (χ3v) is 16.4. The first-order chi connectivity index (χ1) is 22.9. The molecule has 5 aliphatic carbocycles. The SMILES string of the molecule is CC(=O)O[C@@H](C1C[C@@H](C)[C@H]2C(O1)[C@H](O)[C@@]1(C)C3CC[C@H]4C(C)(C)[C@@H](OC5CN(C(CO)CO)CCO5)CCC45CC35CC[C@]21C)C(C)(C)O. The zero-order chi connectivity index (χ0) is 35.5. The molecule has 0 aromatic rings. The number of aliphatic hydroxyl groups is 4. The molecule has 0 bridgehead atoms. The van der Waals surface area contributed by atoms with Crippen LogP contribution in [0.25, 0.3) is 0 Å². The van der Waals surface area contributed by atoms with Crippen molar-refractivity contribution in [2.45, 2.75) is 155 Å². The van der Waals surface area contributed by atoms with Crippen molar-refractivity contribution in [3.8, 4) is 0 Å². The fraction of sp³-hybridized carbons (Fsp3) is 0.974.